The van der Waals surface area contributed by atoms with Gasteiger partial charge in [0.05, 0.1) is 22.2 Å². The van der Waals surface area contributed by atoms with Crippen LogP contribution in [0.15, 0.2) is 17.3 Å². The highest BCUT2D eigenvalue weighted by Gasteiger charge is 2.67. The number of nitrogens with two attached hydrogens (primary N) is 2. The van der Waals surface area contributed by atoms with Crippen molar-refractivity contribution < 1.29 is 23.0 Å². The molecule has 0 spiro atoms. The molecule has 3 rings (SSSR count). The van der Waals surface area contributed by atoms with E-state index in [9.17, 15) is 13.6 Å². The van der Waals surface area contributed by atoms with Crippen LogP contribution in [0.5, 0.6) is 0 Å². The molecule has 1 unspecified atom stereocenters. The number of fused-ring (bicyclic) bond motifs is 1. The first-order chi connectivity index (χ1) is 13.9. The third-order valence-corrected chi connectivity index (χ3v) is 8.70. The summed E-state index contributed by atoms with van der Waals surface area (Å²) in [6.45, 7) is 7.99. The standard InChI is InChI=1S/C19H28F2N4O3SSi/c1-18(12-7-11(22)9-24-14(12)21)13-8-19(13,10-20)29-15(25-18)16(28-17(23)26)27-5-6-30(2,3)4/h7,9,13,16H,5-6,8,10,22H2,1-4H3,(H2,23,26)/t13-,16?,18+,19+/m0/s1. The Morgan fingerprint density at radius 2 is 2.17 bits per heavy atom. The van der Waals surface area contributed by atoms with Gasteiger partial charge >= 0.3 is 6.09 Å². The number of hydrogen-bond acceptors (Lipinski definition) is 7. The van der Waals surface area contributed by atoms with Gasteiger partial charge in [-0.2, -0.15) is 4.39 Å². The smallest absolute Gasteiger partial charge is 0.407 e. The molecule has 2 aliphatic rings. The number of nitrogen functional groups attached to an aromatic ring is 1. The molecule has 0 radical (unpaired) electrons. The summed E-state index contributed by atoms with van der Waals surface area (Å²) in [6, 6.07) is 2.29. The third kappa shape index (κ3) is 4.62. The van der Waals surface area contributed by atoms with Gasteiger partial charge in [-0.15, -0.1) is 0 Å². The van der Waals surface area contributed by atoms with Crippen LogP contribution < -0.4 is 11.5 Å². The Kier molecular flexibility index (Phi) is 6.18. The van der Waals surface area contributed by atoms with Crippen molar-refractivity contribution >= 4 is 36.7 Å². The number of pyridine rings is 1. The lowest BCUT2D eigenvalue weighted by molar-refractivity contribution is -0.0496. The number of halogens is 2. The van der Waals surface area contributed by atoms with Crippen molar-refractivity contribution in [2.45, 2.75) is 55.6 Å². The highest BCUT2D eigenvalue weighted by molar-refractivity contribution is 8.15. The molecule has 1 fully saturated rings. The molecule has 4 atom stereocenters. The number of ether oxygens (including phenoxy) is 2. The van der Waals surface area contributed by atoms with E-state index in [2.05, 4.69) is 24.6 Å². The second kappa shape index (κ2) is 8.08. The van der Waals surface area contributed by atoms with Gasteiger partial charge in [0.15, 0.2) is 0 Å². The van der Waals surface area contributed by atoms with Crippen molar-refractivity contribution in [1.82, 2.24) is 4.98 Å². The summed E-state index contributed by atoms with van der Waals surface area (Å²) in [7, 11) is -1.41. The molecule has 0 aromatic carbocycles. The second-order valence-corrected chi connectivity index (χ2v) is 16.3. The fourth-order valence-corrected chi connectivity index (χ4v) is 6.00. The van der Waals surface area contributed by atoms with Crippen LogP contribution in [0.1, 0.15) is 18.9 Å². The Bertz CT molecular complexity index is 869. The van der Waals surface area contributed by atoms with Gasteiger partial charge in [0.2, 0.25) is 5.95 Å². The maximum Gasteiger partial charge on any atom is 0.407 e. The van der Waals surface area contributed by atoms with E-state index in [-0.39, 0.29) is 22.2 Å². The molecule has 1 saturated carbocycles. The van der Waals surface area contributed by atoms with E-state index >= 15 is 0 Å². The van der Waals surface area contributed by atoms with E-state index in [0.717, 1.165) is 6.04 Å². The number of hydrogen-bond donors (Lipinski definition) is 2. The normalized spacial score (nSPS) is 29.0. The molecule has 11 heteroatoms. The van der Waals surface area contributed by atoms with Crippen LogP contribution in [0.2, 0.25) is 25.7 Å². The second-order valence-electron chi connectivity index (χ2n) is 9.21. The van der Waals surface area contributed by atoms with Crippen LogP contribution in [0.4, 0.5) is 19.3 Å². The molecular weight excluding hydrogens is 430 g/mol. The summed E-state index contributed by atoms with van der Waals surface area (Å²) in [6.07, 6.45) is -0.491. The maximum atomic E-state index is 14.6. The lowest BCUT2D eigenvalue weighted by Gasteiger charge is -2.35. The zero-order chi connectivity index (χ0) is 22.3. The summed E-state index contributed by atoms with van der Waals surface area (Å²) >= 11 is 1.18. The summed E-state index contributed by atoms with van der Waals surface area (Å²) in [5, 5.41) is 0.264. The first-order valence-electron chi connectivity index (χ1n) is 9.74. The van der Waals surface area contributed by atoms with E-state index in [1.54, 1.807) is 6.92 Å². The summed E-state index contributed by atoms with van der Waals surface area (Å²) in [5.41, 5.74) is 10.4. The van der Waals surface area contributed by atoms with Crippen LogP contribution in [-0.2, 0) is 15.0 Å². The molecule has 1 amide bonds. The van der Waals surface area contributed by atoms with Crippen molar-refractivity contribution in [3.8, 4) is 0 Å². The molecule has 1 aromatic rings. The monoisotopic (exact) mass is 458 g/mol. The number of rotatable bonds is 8. The zero-order valence-electron chi connectivity index (χ0n) is 17.6. The molecule has 30 heavy (non-hydrogen) atoms. The topological polar surface area (TPSA) is 113 Å². The van der Waals surface area contributed by atoms with Gasteiger partial charge in [0.25, 0.3) is 6.29 Å². The largest absolute Gasteiger partial charge is 0.413 e. The van der Waals surface area contributed by atoms with Crippen molar-refractivity contribution in [3.63, 3.8) is 0 Å². The molecule has 0 bridgehead atoms. The number of carbonyl (C=O) groups excluding carboxylic acids is 1. The van der Waals surface area contributed by atoms with E-state index in [1.165, 1.54) is 24.0 Å². The number of alkyl halides is 1. The van der Waals surface area contributed by atoms with Crippen LogP contribution >= 0.6 is 11.8 Å². The first-order valence-corrected chi connectivity index (χ1v) is 14.3. The number of anilines is 1. The Labute approximate surface area is 180 Å². The molecule has 0 saturated heterocycles. The van der Waals surface area contributed by atoms with Crippen LogP contribution in [0.3, 0.4) is 0 Å². The summed E-state index contributed by atoms with van der Waals surface area (Å²) in [4.78, 5) is 19.9. The van der Waals surface area contributed by atoms with Crippen molar-refractivity contribution in [3.05, 3.63) is 23.8 Å². The van der Waals surface area contributed by atoms with Gasteiger partial charge in [0.1, 0.15) is 11.7 Å². The Hall–Kier alpha value is -1.72. The van der Waals surface area contributed by atoms with Gasteiger partial charge in [-0.1, -0.05) is 31.4 Å². The van der Waals surface area contributed by atoms with Gasteiger partial charge in [-0.25, -0.2) is 14.2 Å². The van der Waals surface area contributed by atoms with Crippen molar-refractivity contribution in [1.29, 1.82) is 0 Å². The van der Waals surface area contributed by atoms with Gasteiger partial charge < -0.3 is 20.9 Å². The Balaban J connectivity index is 1.98. The molecule has 4 N–H and O–H groups in total. The summed E-state index contributed by atoms with van der Waals surface area (Å²) in [5.74, 6) is -0.966. The zero-order valence-corrected chi connectivity index (χ0v) is 19.4. The minimum absolute atomic E-state index is 0.181. The number of amides is 1. The molecule has 1 aliphatic heterocycles. The predicted molar refractivity (Wildman–Crippen MR) is 116 cm³/mol. The highest BCUT2D eigenvalue weighted by atomic mass is 32.2. The fraction of sp³-hybridized carbons (Fsp3) is 0.632. The van der Waals surface area contributed by atoms with Gasteiger partial charge in [-0.05, 0) is 25.5 Å². The quantitative estimate of drug-likeness (QED) is 0.349. The van der Waals surface area contributed by atoms with Crippen LogP contribution in [-0.4, -0.2) is 48.5 Å². The number of primary amides is 1. The number of thioether (sulfide) groups is 1. The number of aromatic nitrogens is 1. The average molecular weight is 459 g/mol. The predicted octanol–water partition coefficient (Wildman–Crippen LogP) is 3.67. The van der Waals surface area contributed by atoms with E-state index in [1.807, 2.05) is 0 Å². The molecular formula is C19H28F2N4O3SSi. The minimum atomic E-state index is -1.41. The molecule has 2 heterocycles. The Morgan fingerprint density at radius 1 is 1.47 bits per heavy atom. The molecule has 1 aromatic heterocycles. The number of aliphatic imine (C=N–C) groups is 1. The van der Waals surface area contributed by atoms with Gasteiger partial charge in [-0.3, -0.25) is 4.99 Å². The first kappa shape index (κ1) is 23.0. The van der Waals surface area contributed by atoms with Crippen LogP contribution in [0, 0.1) is 11.9 Å². The third-order valence-electron chi connectivity index (χ3n) is 5.53. The van der Waals surface area contributed by atoms with Gasteiger partial charge in [0, 0.05) is 26.2 Å². The van der Waals surface area contributed by atoms with Crippen LogP contribution in [0.25, 0.3) is 0 Å². The lowest BCUT2D eigenvalue weighted by Crippen LogP contribution is -2.41. The lowest BCUT2D eigenvalue weighted by atomic mass is 9.86. The van der Waals surface area contributed by atoms with Crippen molar-refractivity contribution in [2.75, 3.05) is 19.0 Å². The number of nitrogens with zero attached hydrogens (tertiary/aromatic N) is 2. The SMILES string of the molecule is C[C@]1(c2cc(N)cnc2F)N=C(C(OCC[Si](C)(C)C)OC(N)=O)S[C@@]2(CF)C[C@H]21. The van der Waals surface area contributed by atoms with Crippen molar-refractivity contribution in [2.24, 2.45) is 16.6 Å². The average Bonchev–Trinajstić information content (AvgIpc) is 3.38. The number of carbonyl (C=O) groups is 1. The molecule has 1 aliphatic carbocycles. The molecule has 7 nitrogen and oxygen atoms in total. The maximum absolute atomic E-state index is 14.6. The Morgan fingerprint density at radius 3 is 2.77 bits per heavy atom. The fourth-order valence-electron chi connectivity index (χ4n) is 3.72. The highest BCUT2D eigenvalue weighted by Crippen LogP contribution is 2.66. The van der Waals surface area contributed by atoms with E-state index in [4.69, 9.17) is 25.9 Å². The summed E-state index contributed by atoms with van der Waals surface area (Å²) < 4.78 is 38.9. The van der Waals surface area contributed by atoms with E-state index < -0.39 is 43.4 Å². The minimum Gasteiger partial charge on any atom is -0.413 e. The van der Waals surface area contributed by atoms with E-state index in [0.29, 0.717) is 13.0 Å². The molecule has 166 valence electrons.